The SMILES string of the molecule is Cc1cc(C)nc(CC(=O)[O-])n1.[Na+]. The molecule has 0 aromatic carbocycles. The van der Waals surface area contributed by atoms with Gasteiger partial charge >= 0.3 is 29.6 Å². The molecule has 0 fully saturated rings. The number of hydrogen-bond acceptors (Lipinski definition) is 4. The molecule has 1 aromatic heterocycles. The van der Waals surface area contributed by atoms with Crippen LogP contribution in [0.1, 0.15) is 17.2 Å². The van der Waals surface area contributed by atoms with Crippen LogP contribution in [0.2, 0.25) is 0 Å². The molecule has 0 aliphatic carbocycles. The summed E-state index contributed by atoms with van der Waals surface area (Å²) in [6.07, 6.45) is -0.220. The molecule has 4 nitrogen and oxygen atoms in total. The van der Waals surface area contributed by atoms with Crippen LogP contribution in [0.3, 0.4) is 0 Å². The molecule has 0 spiro atoms. The molecule has 1 aromatic rings. The monoisotopic (exact) mass is 188 g/mol. The summed E-state index contributed by atoms with van der Waals surface area (Å²) in [6.45, 7) is 3.60. The van der Waals surface area contributed by atoms with Crippen LogP contribution in [-0.4, -0.2) is 15.9 Å². The van der Waals surface area contributed by atoms with Crippen molar-refractivity contribution < 1.29 is 39.5 Å². The molecular formula is C8H9N2NaO2. The van der Waals surface area contributed by atoms with Crippen LogP contribution in [0, 0.1) is 13.8 Å². The summed E-state index contributed by atoms with van der Waals surface area (Å²) in [5.74, 6) is -0.840. The standard InChI is InChI=1S/C8H10N2O2.Na/c1-5-3-6(2)10-7(9-5)4-8(11)12;/h3H,4H2,1-2H3,(H,11,12);/q;+1/p-1. The molecule has 0 aliphatic rings. The first-order chi connectivity index (χ1) is 5.58. The average molecular weight is 188 g/mol. The van der Waals surface area contributed by atoms with Gasteiger partial charge in [0.25, 0.3) is 0 Å². The zero-order valence-electron chi connectivity index (χ0n) is 8.00. The maximum Gasteiger partial charge on any atom is 1.00 e. The van der Waals surface area contributed by atoms with Crippen molar-refractivity contribution in [1.29, 1.82) is 0 Å². The number of carboxylic acids is 1. The number of carbonyl (C=O) groups is 1. The van der Waals surface area contributed by atoms with Gasteiger partial charge in [0.05, 0.1) is 0 Å². The summed E-state index contributed by atoms with van der Waals surface area (Å²) < 4.78 is 0. The number of aryl methyl sites for hydroxylation is 2. The van der Waals surface area contributed by atoms with E-state index in [9.17, 15) is 9.90 Å². The fourth-order valence-electron chi connectivity index (χ4n) is 1.01. The fraction of sp³-hybridized carbons (Fsp3) is 0.375. The van der Waals surface area contributed by atoms with E-state index in [1.54, 1.807) is 19.9 Å². The predicted octanol–water partition coefficient (Wildman–Crippen LogP) is -3.61. The van der Waals surface area contributed by atoms with Gasteiger partial charge in [0.2, 0.25) is 0 Å². The van der Waals surface area contributed by atoms with Crippen LogP contribution in [0.15, 0.2) is 6.07 Å². The van der Waals surface area contributed by atoms with Gasteiger partial charge < -0.3 is 9.90 Å². The van der Waals surface area contributed by atoms with Crippen LogP contribution >= 0.6 is 0 Å². The van der Waals surface area contributed by atoms with Crippen LogP contribution in [0.4, 0.5) is 0 Å². The first-order valence-electron chi connectivity index (χ1n) is 3.59. The third-order valence-corrected chi connectivity index (χ3v) is 1.33. The molecule has 0 aliphatic heterocycles. The molecule has 0 saturated heterocycles. The van der Waals surface area contributed by atoms with Crippen molar-refractivity contribution in [3.8, 4) is 0 Å². The normalized spacial score (nSPS) is 9.08. The van der Waals surface area contributed by atoms with Crippen molar-refractivity contribution in [2.24, 2.45) is 0 Å². The Kier molecular flexibility index (Phi) is 5.13. The van der Waals surface area contributed by atoms with E-state index in [0.29, 0.717) is 5.82 Å². The van der Waals surface area contributed by atoms with E-state index in [4.69, 9.17) is 0 Å². The van der Waals surface area contributed by atoms with E-state index >= 15 is 0 Å². The second-order valence-corrected chi connectivity index (χ2v) is 2.62. The molecule has 64 valence electrons. The summed E-state index contributed by atoms with van der Waals surface area (Å²) in [5.41, 5.74) is 1.55. The summed E-state index contributed by atoms with van der Waals surface area (Å²) >= 11 is 0. The molecule has 13 heavy (non-hydrogen) atoms. The van der Waals surface area contributed by atoms with Crippen molar-refractivity contribution in [2.75, 3.05) is 0 Å². The van der Waals surface area contributed by atoms with Gasteiger partial charge in [-0.2, -0.15) is 0 Å². The van der Waals surface area contributed by atoms with Crippen LogP contribution in [0.5, 0.6) is 0 Å². The molecule has 0 saturated carbocycles. The Morgan fingerprint density at radius 1 is 1.38 bits per heavy atom. The Labute approximate surface area is 98.7 Å². The average Bonchev–Trinajstić information content (AvgIpc) is 1.81. The minimum Gasteiger partial charge on any atom is -0.550 e. The third-order valence-electron chi connectivity index (χ3n) is 1.33. The number of hydrogen-bond donors (Lipinski definition) is 0. The second-order valence-electron chi connectivity index (χ2n) is 2.62. The first-order valence-corrected chi connectivity index (χ1v) is 3.59. The van der Waals surface area contributed by atoms with Crippen LogP contribution in [-0.2, 0) is 11.2 Å². The van der Waals surface area contributed by atoms with E-state index in [-0.39, 0.29) is 36.0 Å². The maximum atomic E-state index is 10.2. The maximum absolute atomic E-state index is 10.2. The molecule has 1 heterocycles. The van der Waals surface area contributed by atoms with Crippen LogP contribution in [0.25, 0.3) is 0 Å². The topological polar surface area (TPSA) is 65.9 Å². The molecular weight excluding hydrogens is 179 g/mol. The number of nitrogens with zero attached hydrogens (tertiary/aromatic N) is 2. The van der Waals surface area contributed by atoms with Gasteiger partial charge in [-0.15, -0.1) is 0 Å². The minimum absolute atomic E-state index is 0. The Balaban J connectivity index is 0.00000144. The van der Waals surface area contributed by atoms with Gasteiger partial charge in [-0.3, -0.25) is 0 Å². The molecule has 0 bridgehead atoms. The molecule has 0 amide bonds. The van der Waals surface area contributed by atoms with Gasteiger partial charge in [0.15, 0.2) is 0 Å². The molecule has 0 atom stereocenters. The van der Waals surface area contributed by atoms with E-state index in [0.717, 1.165) is 11.4 Å². The zero-order valence-corrected chi connectivity index (χ0v) is 10.00. The van der Waals surface area contributed by atoms with E-state index in [1.807, 2.05) is 0 Å². The van der Waals surface area contributed by atoms with Crippen molar-refractivity contribution in [2.45, 2.75) is 20.3 Å². The second kappa shape index (κ2) is 5.32. The number of rotatable bonds is 2. The van der Waals surface area contributed by atoms with Gasteiger partial charge in [0.1, 0.15) is 5.82 Å². The van der Waals surface area contributed by atoms with Gasteiger partial charge in [-0.25, -0.2) is 9.97 Å². The van der Waals surface area contributed by atoms with Crippen molar-refractivity contribution in [1.82, 2.24) is 9.97 Å². The number of carboxylic acid groups (broad SMARTS) is 1. The van der Waals surface area contributed by atoms with Crippen molar-refractivity contribution in [3.63, 3.8) is 0 Å². The third kappa shape index (κ3) is 4.36. The Morgan fingerprint density at radius 3 is 2.23 bits per heavy atom. The quantitative estimate of drug-likeness (QED) is 0.450. The number of carbonyl (C=O) groups excluding carboxylic acids is 1. The van der Waals surface area contributed by atoms with Crippen LogP contribution < -0.4 is 34.7 Å². The minimum atomic E-state index is -1.15. The predicted molar refractivity (Wildman–Crippen MR) is 40.2 cm³/mol. The summed E-state index contributed by atoms with van der Waals surface area (Å²) in [4.78, 5) is 18.1. The molecule has 0 unspecified atom stereocenters. The van der Waals surface area contributed by atoms with E-state index in [1.165, 1.54) is 0 Å². The smallest absolute Gasteiger partial charge is 0.550 e. The van der Waals surface area contributed by atoms with Crippen molar-refractivity contribution in [3.05, 3.63) is 23.3 Å². The van der Waals surface area contributed by atoms with E-state index < -0.39 is 5.97 Å². The summed E-state index contributed by atoms with van der Waals surface area (Å²) in [5, 5.41) is 10.2. The Bertz CT molecular complexity index is 295. The Morgan fingerprint density at radius 2 is 1.85 bits per heavy atom. The first kappa shape index (κ1) is 12.6. The van der Waals surface area contributed by atoms with Gasteiger partial charge in [-0.05, 0) is 19.9 Å². The van der Waals surface area contributed by atoms with Crippen molar-refractivity contribution >= 4 is 5.97 Å². The fourth-order valence-corrected chi connectivity index (χ4v) is 1.01. The van der Waals surface area contributed by atoms with Gasteiger partial charge in [0, 0.05) is 23.8 Å². The number of aromatic nitrogens is 2. The zero-order chi connectivity index (χ0) is 9.14. The molecule has 0 N–H and O–H groups in total. The van der Waals surface area contributed by atoms with E-state index in [2.05, 4.69) is 9.97 Å². The molecule has 1 rings (SSSR count). The molecule has 5 heteroatoms. The largest absolute Gasteiger partial charge is 1.00 e. The molecule has 0 radical (unpaired) electrons. The number of aliphatic carboxylic acids is 1. The summed E-state index contributed by atoms with van der Waals surface area (Å²) in [7, 11) is 0. The Hall–Kier alpha value is -0.450. The van der Waals surface area contributed by atoms with Gasteiger partial charge in [-0.1, -0.05) is 0 Å². The summed E-state index contributed by atoms with van der Waals surface area (Å²) in [6, 6.07) is 1.79.